The molecule has 164 valence electrons. The normalized spacial score (nSPS) is 18.6. The number of sulfonamides is 1. The number of ether oxygens (including phenoxy) is 1. The van der Waals surface area contributed by atoms with Gasteiger partial charge in [-0.1, -0.05) is 29.8 Å². The zero-order valence-electron chi connectivity index (χ0n) is 16.9. The van der Waals surface area contributed by atoms with Gasteiger partial charge in [-0.3, -0.25) is 4.79 Å². The Morgan fingerprint density at radius 3 is 2.32 bits per heavy atom. The molecule has 2 fully saturated rings. The molecule has 0 radical (unpaired) electrons. The van der Waals surface area contributed by atoms with E-state index in [-0.39, 0.29) is 47.5 Å². The number of piperidine rings is 1. The van der Waals surface area contributed by atoms with E-state index in [1.807, 2.05) is 6.07 Å². The fraction of sp³-hybridized carbons (Fsp3) is 0.333. The molecule has 0 unspecified atom stereocenters. The highest BCUT2D eigenvalue weighted by Gasteiger charge is 2.42. The van der Waals surface area contributed by atoms with Crippen molar-refractivity contribution in [2.45, 2.75) is 23.8 Å². The van der Waals surface area contributed by atoms with Crippen LogP contribution < -0.4 is 9.64 Å². The van der Waals surface area contributed by atoms with E-state index in [4.69, 9.17) is 16.3 Å². The van der Waals surface area contributed by atoms with Gasteiger partial charge in [-0.2, -0.15) is 4.31 Å². The number of imide groups is 1. The van der Waals surface area contributed by atoms with Gasteiger partial charge in [0.05, 0.1) is 22.7 Å². The summed E-state index contributed by atoms with van der Waals surface area (Å²) in [5.74, 6) is 0.124. The van der Waals surface area contributed by atoms with Crippen LogP contribution in [0.1, 0.15) is 12.8 Å². The highest BCUT2D eigenvalue weighted by atomic mass is 35.5. The molecular formula is C21H22ClN3O5S. The summed E-state index contributed by atoms with van der Waals surface area (Å²) in [5.41, 5.74) is 0.538. The third-order valence-electron chi connectivity index (χ3n) is 5.63. The lowest BCUT2D eigenvalue weighted by molar-refractivity contribution is -0.116. The van der Waals surface area contributed by atoms with E-state index >= 15 is 0 Å². The number of rotatable bonds is 5. The molecule has 0 aromatic heterocycles. The summed E-state index contributed by atoms with van der Waals surface area (Å²) in [4.78, 5) is 28.2. The molecule has 2 heterocycles. The quantitative estimate of drug-likeness (QED) is 0.636. The largest absolute Gasteiger partial charge is 0.495 e. The molecule has 0 aliphatic carbocycles. The topological polar surface area (TPSA) is 87.2 Å². The number of carbonyl (C=O) groups is 2. The van der Waals surface area contributed by atoms with Crippen molar-refractivity contribution in [1.82, 2.24) is 9.21 Å². The van der Waals surface area contributed by atoms with Gasteiger partial charge >= 0.3 is 6.03 Å². The molecule has 2 aliphatic heterocycles. The van der Waals surface area contributed by atoms with Gasteiger partial charge in [0.1, 0.15) is 12.3 Å². The standard InChI is InChI=1S/C21H22ClN3O5S/c1-30-19-8-7-17(13-18(19)22)31(28,29)23-11-9-15(10-12-23)24-14-20(26)25(21(24)27)16-5-3-2-4-6-16/h2-8,13,15H,9-12,14H2,1H3. The average molecular weight is 464 g/mol. The highest BCUT2D eigenvalue weighted by molar-refractivity contribution is 7.89. The molecule has 10 heteroatoms. The van der Waals surface area contributed by atoms with Crippen molar-refractivity contribution in [2.24, 2.45) is 0 Å². The van der Waals surface area contributed by atoms with Crippen molar-refractivity contribution in [2.75, 3.05) is 31.6 Å². The summed E-state index contributed by atoms with van der Waals surface area (Å²) in [6.07, 6.45) is 0.898. The Morgan fingerprint density at radius 1 is 1.03 bits per heavy atom. The number of methoxy groups -OCH3 is 1. The zero-order chi connectivity index (χ0) is 22.2. The van der Waals surface area contributed by atoms with Crippen LogP contribution in [0, 0.1) is 0 Å². The molecule has 2 aromatic rings. The number of nitrogens with zero attached hydrogens (tertiary/aromatic N) is 3. The number of halogens is 1. The Bertz CT molecular complexity index is 1100. The maximum absolute atomic E-state index is 13.0. The predicted molar refractivity (Wildman–Crippen MR) is 116 cm³/mol. The minimum atomic E-state index is -3.72. The van der Waals surface area contributed by atoms with E-state index in [9.17, 15) is 18.0 Å². The molecule has 0 spiro atoms. The number of benzene rings is 2. The molecule has 3 amide bonds. The minimum Gasteiger partial charge on any atom is -0.495 e. The number of carbonyl (C=O) groups excluding carboxylic acids is 2. The molecule has 2 aromatic carbocycles. The van der Waals surface area contributed by atoms with Crippen molar-refractivity contribution in [3.05, 3.63) is 53.6 Å². The molecule has 2 saturated heterocycles. The Labute approximate surface area is 186 Å². The fourth-order valence-electron chi connectivity index (χ4n) is 3.99. The van der Waals surface area contributed by atoms with Crippen molar-refractivity contribution < 1.29 is 22.7 Å². The lowest BCUT2D eigenvalue weighted by atomic mass is 10.1. The van der Waals surface area contributed by atoms with Crippen LogP contribution in [0.15, 0.2) is 53.4 Å². The van der Waals surface area contributed by atoms with Gasteiger partial charge in [0.2, 0.25) is 10.0 Å². The van der Waals surface area contributed by atoms with Crippen LogP contribution in [0.2, 0.25) is 5.02 Å². The predicted octanol–water partition coefficient (Wildman–Crippen LogP) is 2.97. The first-order valence-electron chi connectivity index (χ1n) is 9.85. The molecule has 4 rings (SSSR count). The van der Waals surface area contributed by atoms with Crippen LogP contribution in [0.3, 0.4) is 0 Å². The van der Waals surface area contributed by atoms with E-state index < -0.39 is 10.0 Å². The van der Waals surface area contributed by atoms with Crippen LogP contribution in [-0.2, 0) is 14.8 Å². The summed E-state index contributed by atoms with van der Waals surface area (Å²) in [5, 5.41) is 0.223. The number of hydrogen-bond acceptors (Lipinski definition) is 5. The maximum Gasteiger partial charge on any atom is 0.332 e. The van der Waals surface area contributed by atoms with E-state index in [0.29, 0.717) is 24.3 Å². The third kappa shape index (κ3) is 4.00. The van der Waals surface area contributed by atoms with Gasteiger partial charge in [0.25, 0.3) is 5.91 Å². The second-order valence-corrected chi connectivity index (χ2v) is 9.75. The number of para-hydroxylation sites is 1. The van der Waals surface area contributed by atoms with Crippen LogP contribution in [0.4, 0.5) is 10.5 Å². The zero-order valence-corrected chi connectivity index (χ0v) is 18.5. The van der Waals surface area contributed by atoms with Crippen LogP contribution in [0.25, 0.3) is 0 Å². The first kappa shape index (κ1) is 21.6. The SMILES string of the molecule is COc1ccc(S(=O)(=O)N2CCC(N3CC(=O)N(c4ccccc4)C3=O)CC2)cc1Cl. The molecular weight excluding hydrogens is 442 g/mol. The number of amides is 3. The Hall–Kier alpha value is -2.62. The van der Waals surface area contributed by atoms with Gasteiger partial charge < -0.3 is 9.64 Å². The number of hydrogen-bond donors (Lipinski definition) is 0. The lowest BCUT2D eigenvalue weighted by Crippen LogP contribution is -2.48. The van der Waals surface area contributed by atoms with Crippen LogP contribution >= 0.6 is 11.6 Å². The fourth-order valence-corrected chi connectivity index (χ4v) is 5.81. The monoisotopic (exact) mass is 463 g/mol. The summed E-state index contributed by atoms with van der Waals surface area (Å²) in [7, 11) is -2.26. The van der Waals surface area contributed by atoms with E-state index in [2.05, 4.69) is 0 Å². The Morgan fingerprint density at radius 2 is 1.71 bits per heavy atom. The molecule has 0 N–H and O–H groups in total. The summed E-state index contributed by atoms with van der Waals surface area (Å²) in [6, 6.07) is 12.6. The van der Waals surface area contributed by atoms with E-state index in [0.717, 1.165) is 0 Å². The van der Waals surface area contributed by atoms with Crippen LogP contribution in [-0.4, -0.2) is 62.3 Å². The second-order valence-electron chi connectivity index (χ2n) is 7.41. The second kappa shape index (κ2) is 8.49. The minimum absolute atomic E-state index is 0.000762. The van der Waals surface area contributed by atoms with Crippen molar-refractivity contribution in [3.8, 4) is 5.75 Å². The summed E-state index contributed by atoms with van der Waals surface area (Å²) >= 11 is 6.09. The van der Waals surface area contributed by atoms with Crippen molar-refractivity contribution in [3.63, 3.8) is 0 Å². The summed E-state index contributed by atoms with van der Waals surface area (Å²) < 4.78 is 32.5. The molecule has 8 nitrogen and oxygen atoms in total. The molecule has 0 atom stereocenters. The Kier molecular flexibility index (Phi) is 5.92. The van der Waals surface area contributed by atoms with Crippen LogP contribution in [0.5, 0.6) is 5.75 Å². The molecule has 31 heavy (non-hydrogen) atoms. The van der Waals surface area contributed by atoms with Gasteiger partial charge in [0, 0.05) is 19.1 Å². The van der Waals surface area contributed by atoms with E-state index in [1.165, 1.54) is 34.5 Å². The van der Waals surface area contributed by atoms with E-state index in [1.54, 1.807) is 29.2 Å². The molecule has 2 aliphatic rings. The highest BCUT2D eigenvalue weighted by Crippen LogP contribution is 2.31. The van der Waals surface area contributed by atoms with Crippen molar-refractivity contribution in [1.29, 1.82) is 0 Å². The number of urea groups is 1. The maximum atomic E-state index is 13.0. The van der Waals surface area contributed by atoms with Gasteiger partial charge in [0.15, 0.2) is 0 Å². The van der Waals surface area contributed by atoms with Gasteiger partial charge in [-0.15, -0.1) is 0 Å². The van der Waals surface area contributed by atoms with Gasteiger partial charge in [-0.05, 0) is 43.2 Å². The average Bonchev–Trinajstić information content (AvgIpc) is 3.08. The first-order valence-corrected chi connectivity index (χ1v) is 11.7. The first-order chi connectivity index (χ1) is 14.8. The number of anilines is 1. The lowest BCUT2D eigenvalue weighted by Gasteiger charge is -2.35. The third-order valence-corrected chi connectivity index (χ3v) is 7.82. The summed E-state index contributed by atoms with van der Waals surface area (Å²) in [6.45, 7) is 0.499. The molecule has 0 saturated carbocycles. The van der Waals surface area contributed by atoms with Gasteiger partial charge in [-0.25, -0.2) is 18.1 Å². The van der Waals surface area contributed by atoms with Crippen molar-refractivity contribution >= 4 is 39.2 Å². The Balaban J connectivity index is 1.45. The molecule has 0 bridgehead atoms. The smallest absolute Gasteiger partial charge is 0.332 e.